The van der Waals surface area contributed by atoms with Gasteiger partial charge in [0.05, 0.1) is 24.1 Å². The smallest absolute Gasteiger partial charge is 0.267 e. The van der Waals surface area contributed by atoms with E-state index in [0.717, 1.165) is 5.56 Å². The first-order valence-corrected chi connectivity index (χ1v) is 9.35. The highest BCUT2D eigenvalue weighted by Crippen LogP contribution is 2.12. The number of hydrogen-bond acceptors (Lipinski definition) is 6. The number of nitrogens with one attached hydrogen (secondary N) is 2. The maximum atomic E-state index is 13.1. The van der Waals surface area contributed by atoms with Gasteiger partial charge in [0.1, 0.15) is 16.8 Å². The maximum absolute atomic E-state index is 13.1. The molecule has 0 atom stereocenters. The molecule has 0 spiro atoms. The molecule has 9 nitrogen and oxygen atoms in total. The van der Waals surface area contributed by atoms with Crippen molar-refractivity contribution in [1.82, 2.24) is 24.3 Å². The third-order valence-corrected chi connectivity index (χ3v) is 4.74. The molecule has 0 saturated heterocycles. The highest BCUT2D eigenvalue weighted by Gasteiger charge is 2.17. The molecule has 4 rings (SSSR count). The van der Waals surface area contributed by atoms with Gasteiger partial charge in [-0.2, -0.15) is 0 Å². The fourth-order valence-corrected chi connectivity index (χ4v) is 3.25. The third kappa shape index (κ3) is 3.58. The van der Waals surface area contributed by atoms with Crippen molar-refractivity contribution in [2.75, 3.05) is 20.3 Å². The van der Waals surface area contributed by atoms with Crippen LogP contribution in [0.3, 0.4) is 0 Å². The molecule has 4 heterocycles. The topological polar surface area (TPSA) is 114 Å². The molecule has 4 aromatic rings. The lowest BCUT2D eigenvalue weighted by atomic mass is 10.1. The van der Waals surface area contributed by atoms with Gasteiger partial charge in [-0.3, -0.25) is 24.4 Å². The number of pyridine rings is 3. The molecule has 152 valence electrons. The molecule has 0 bridgehead atoms. The molecule has 1 amide bonds. The molecule has 0 aliphatic heterocycles. The van der Waals surface area contributed by atoms with E-state index < -0.39 is 5.91 Å². The summed E-state index contributed by atoms with van der Waals surface area (Å²) in [4.78, 5) is 34.5. The molecule has 0 aliphatic carbocycles. The lowest BCUT2D eigenvalue weighted by Crippen LogP contribution is -2.36. The Hall–Kier alpha value is -3.85. The monoisotopic (exact) mass is 404 g/mol. The molecule has 0 radical (unpaired) electrons. The van der Waals surface area contributed by atoms with Gasteiger partial charge < -0.3 is 14.6 Å². The summed E-state index contributed by atoms with van der Waals surface area (Å²) in [5.41, 5.74) is 1.46. The zero-order chi connectivity index (χ0) is 21.1. The van der Waals surface area contributed by atoms with Crippen molar-refractivity contribution in [2.24, 2.45) is 0 Å². The number of ether oxygens (including phenoxy) is 1. The predicted molar refractivity (Wildman–Crippen MR) is 110 cm³/mol. The van der Waals surface area contributed by atoms with Gasteiger partial charge in [0.25, 0.3) is 11.5 Å². The summed E-state index contributed by atoms with van der Waals surface area (Å²) in [6, 6.07) is 10.3. The van der Waals surface area contributed by atoms with Gasteiger partial charge in [-0.25, -0.2) is 4.98 Å². The Morgan fingerprint density at radius 2 is 2.03 bits per heavy atom. The Labute approximate surface area is 171 Å². The number of hydrogen-bond donors (Lipinski definition) is 2. The first-order valence-electron chi connectivity index (χ1n) is 9.35. The predicted octanol–water partition coefficient (Wildman–Crippen LogP) is 0.948. The van der Waals surface area contributed by atoms with E-state index in [1.807, 2.05) is 12.1 Å². The average molecular weight is 404 g/mol. The van der Waals surface area contributed by atoms with Crippen LogP contribution >= 0.6 is 0 Å². The largest absolute Gasteiger partial charge is 0.383 e. The first kappa shape index (κ1) is 19.5. The van der Waals surface area contributed by atoms with Crippen LogP contribution in [0, 0.1) is 5.41 Å². The summed E-state index contributed by atoms with van der Waals surface area (Å²) in [6.45, 7) is 0.914. The van der Waals surface area contributed by atoms with Crippen LogP contribution in [0.2, 0.25) is 0 Å². The molecule has 0 fully saturated rings. The van der Waals surface area contributed by atoms with Crippen molar-refractivity contribution in [2.45, 2.75) is 6.54 Å². The average Bonchev–Trinajstić information content (AvgIpc) is 2.77. The minimum atomic E-state index is -0.444. The van der Waals surface area contributed by atoms with Crippen LogP contribution in [0.25, 0.3) is 16.7 Å². The highest BCUT2D eigenvalue weighted by atomic mass is 16.5. The number of carbonyl (C=O) groups excluding carboxylic acids is 1. The molecule has 9 heteroatoms. The minimum absolute atomic E-state index is 0.0265. The van der Waals surface area contributed by atoms with E-state index in [4.69, 9.17) is 10.1 Å². The molecular formula is C21H20N6O3. The number of rotatable bonds is 6. The van der Waals surface area contributed by atoms with Gasteiger partial charge in [-0.1, -0.05) is 6.07 Å². The van der Waals surface area contributed by atoms with Crippen LogP contribution in [-0.4, -0.2) is 45.1 Å². The lowest BCUT2D eigenvalue weighted by molar-refractivity contribution is 0.0934. The summed E-state index contributed by atoms with van der Waals surface area (Å²) >= 11 is 0. The summed E-state index contributed by atoms with van der Waals surface area (Å²) in [5.74, 6) is -0.444. The fraction of sp³-hybridized carbons (Fsp3) is 0.190. The van der Waals surface area contributed by atoms with Crippen molar-refractivity contribution in [3.05, 3.63) is 82.0 Å². The molecule has 0 saturated carbocycles. The van der Waals surface area contributed by atoms with Crippen LogP contribution in [0.15, 0.2) is 59.8 Å². The SMILES string of the molecule is COCCNC(=O)c1cc2c(=O)n3ccccc3nc2n(Cc2ccncc2)c1=N. The van der Waals surface area contributed by atoms with Crippen LogP contribution in [-0.2, 0) is 11.3 Å². The number of carbonyl (C=O) groups is 1. The zero-order valence-corrected chi connectivity index (χ0v) is 16.3. The van der Waals surface area contributed by atoms with E-state index in [1.165, 1.54) is 10.5 Å². The number of nitrogens with zero attached hydrogens (tertiary/aromatic N) is 4. The number of amides is 1. The van der Waals surface area contributed by atoms with E-state index in [2.05, 4.69) is 15.3 Å². The standard InChI is InChI=1S/C21H20N6O3/c1-30-11-9-24-20(28)15-12-16-19(25-17-4-2-3-10-26(17)21(16)29)27(18(15)22)13-14-5-7-23-8-6-14/h2-8,10,12,22H,9,11,13H2,1H3,(H,24,28). The van der Waals surface area contributed by atoms with E-state index in [9.17, 15) is 9.59 Å². The van der Waals surface area contributed by atoms with Gasteiger partial charge >= 0.3 is 0 Å². The van der Waals surface area contributed by atoms with E-state index in [-0.39, 0.29) is 28.5 Å². The molecule has 30 heavy (non-hydrogen) atoms. The highest BCUT2D eigenvalue weighted by molar-refractivity contribution is 5.96. The normalized spacial score (nSPS) is 11.1. The van der Waals surface area contributed by atoms with Gasteiger partial charge in [0, 0.05) is 32.2 Å². The lowest BCUT2D eigenvalue weighted by Gasteiger charge is -2.15. The van der Waals surface area contributed by atoms with Crippen molar-refractivity contribution >= 4 is 22.6 Å². The van der Waals surface area contributed by atoms with Gasteiger partial charge in [-0.05, 0) is 35.9 Å². The molecule has 0 aliphatic rings. The summed E-state index contributed by atoms with van der Waals surface area (Å²) < 4.78 is 7.96. The second kappa shape index (κ2) is 8.26. The summed E-state index contributed by atoms with van der Waals surface area (Å²) in [5, 5.41) is 11.7. The molecule has 0 aromatic carbocycles. The second-order valence-electron chi connectivity index (χ2n) is 6.68. The van der Waals surface area contributed by atoms with Gasteiger partial charge in [0.2, 0.25) is 0 Å². The number of methoxy groups -OCH3 is 1. The van der Waals surface area contributed by atoms with E-state index in [0.29, 0.717) is 24.4 Å². The van der Waals surface area contributed by atoms with E-state index >= 15 is 0 Å². The Kier molecular flexibility index (Phi) is 5.36. The fourth-order valence-electron chi connectivity index (χ4n) is 3.25. The molecule has 4 aromatic heterocycles. The minimum Gasteiger partial charge on any atom is -0.383 e. The van der Waals surface area contributed by atoms with Crippen LogP contribution < -0.4 is 16.4 Å². The van der Waals surface area contributed by atoms with E-state index in [1.54, 1.807) is 48.5 Å². The number of aromatic nitrogens is 4. The van der Waals surface area contributed by atoms with Crippen molar-refractivity contribution in [3.63, 3.8) is 0 Å². The molecule has 0 unspecified atom stereocenters. The third-order valence-electron chi connectivity index (χ3n) is 4.74. The Morgan fingerprint density at radius 3 is 2.80 bits per heavy atom. The Balaban J connectivity index is 1.97. The summed E-state index contributed by atoms with van der Waals surface area (Å²) in [6.07, 6.45) is 4.94. The second-order valence-corrected chi connectivity index (χ2v) is 6.68. The zero-order valence-electron chi connectivity index (χ0n) is 16.3. The number of fused-ring (bicyclic) bond motifs is 2. The first-order chi connectivity index (χ1) is 14.6. The van der Waals surface area contributed by atoms with Crippen LogP contribution in [0.5, 0.6) is 0 Å². The molecule has 2 N–H and O–H groups in total. The van der Waals surface area contributed by atoms with Crippen molar-refractivity contribution < 1.29 is 9.53 Å². The van der Waals surface area contributed by atoms with Gasteiger partial charge in [0.15, 0.2) is 0 Å². The summed E-state index contributed by atoms with van der Waals surface area (Å²) in [7, 11) is 1.54. The van der Waals surface area contributed by atoms with Crippen molar-refractivity contribution in [3.8, 4) is 0 Å². The Bertz CT molecular complexity index is 1340. The van der Waals surface area contributed by atoms with Gasteiger partial charge in [-0.15, -0.1) is 0 Å². The maximum Gasteiger partial charge on any atom is 0.267 e. The van der Waals surface area contributed by atoms with Crippen LogP contribution in [0.1, 0.15) is 15.9 Å². The quantitative estimate of drug-likeness (QED) is 0.367. The van der Waals surface area contributed by atoms with Crippen molar-refractivity contribution in [1.29, 1.82) is 5.41 Å². The van der Waals surface area contributed by atoms with Crippen LogP contribution in [0.4, 0.5) is 0 Å². The Morgan fingerprint density at radius 1 is 1.23 bits per heavy atom. The molecular weight excluding hydrogens is 384 g/mol.